The first-order valence-electron chi connectivity index (χ1n) is 7.85. The number of carbonyl (C=O) groups is 2. The standard InChI is InChI=1S/C19H21NO4/c1-14-3-2-4-17(13-14)24-16-7-5-15(6-8-16)11-12-20-18(21)9-10-19(22)23/h2-8,13H,9-12H2,1H3,(H,20,21)(H,22,23). The van der Waals surface area contributed by atoms with Crippen molar-refractivity contribution in [3.8, 4) is 11.5 Å². The Balaban J connectivity index is 1.77. The summed E-state index contributed by atoms with van der Waals surface area (Å²) in [5.74, 6) is 0.356. The highest BCUT2D eigenvalue weighted by Crippen LogP contribution is 2.22. The van der Waals surface area contributed by atoms with Gasteiger partial charge in [0.1, 0.15) is 11.5 Å². The van der Waals surface area contributed by atoms with Gasteiger partial charge in [-0.05, 0) is 48.7 Å². The fourth-order valence-electron chi connectivity index (χ4n) is 2.19. The third kappa shape index (κ3) is 6.12. The van der Waals surface area contributed by atoms with E-state index in [9.17, 15) is 9.59 Å². The first-order valence-corrected chi connectivity index (χ1v) is 7.85. The average Bonchev–Trinajstić information content (AvgIpc) is 2.55. The molecule has 24 heavy (non-hydrogen) atoms. The van der Waals surface area contributed by atoms with Crippen LogP contribution in [-0.2, 0) is 16.0 Å². The molecule has 2 N–H and O–H groups in total. The van der Waals surface area contributed by atoms with Crippen molar-refractivity contribution < 1.29 is 19.4 Å². The molecular weight excluding hydrogens is 306 g/mol. The van der Waals surface area contributed by atoms with Gasteiger partial charge >= 0.3 is 5.97 Å². The van der Waals surface area contributed by atoms with E-state index in [1.807, 2.05) is 55.5 Å². The molecular formula is C19H21NO4. The number of nitrogens with one attached hydrogen (secondary N) is 1. The molecule has 0 aromatic heterocycles. The number of aryl methyl sites for hydroxylation is 1. The zero-order chi connectivity index (χ0) is 17.4. The average molecular weight is 327 g/mol. The molecule has 126 valence electrons. The molecule has 0 heterocycles. The Morgan fingerprint density at radius 1 is 1.04 bits per heavy atom. The summed E-state index contributed by atoms with van der Waals surface area (Å²) in [6.45, 7) is 2.50. The second-order valence-corrected chi connectivity index (χ2v) is 5.56. The van der Waals surface area contributed by atoms with Gasteiger partial charge in [-0.1, -0.05) is 24.3 Å². The lowest BCUT2D eigenvalue weighted by Gasteiger charge is -2.08. The summed E-state index contributed by atoms with van der Waals surface area (Å²) in [5, 5.41) is 11.2. The number of aliphatic carboxylic acids is 1. The predicted octanol–water partition coefficient (Wildman–Crippen LogP) is 3.31. The van der Waals surface area contributed by atoms with Crippen LogP contribution in [0, 0.1) is 6.92 Å². The van der Waals surface area contributed by atoms with Gasteiger partial charge in [0.25, 0.3) is 0 Å². The molecule has 2 rings (SSSR count). The van der Waals surface area contributed by atoms with Crippen molar-refractivity contribution in [1.82, 2.24) is 5.32 Å². The Kier molecular flexibility index (Phi) is 6.37. The SMILES string of the molecule is Cc1cccc(Oc2ccc(CCNC(=O)CCC(=O)O)cc2)c1. The van der Waals surface area contributed by atoms with Gasteiger partial charge in [0.05, 0.1) is 6.42 Å². The van der Waals surface area contributed by atoms with Crippen LogP contribution in [0.1, 0.15) is 24.0 Å². The number of benzene rings is 2. The molecule has 0 saturated carbocycles. The lowest BCUT2D eigenvalue weighted by atomic mass is 10.1. The zero-order valence-electron chi connectivity index (χ0n) is 13.6. The summed E-state index contributed by atoms with van der Waals surface area (Å²) in [6.07, 6.45) is 0.555. The number of amides is 1. The second kappa shape index (κ2) is 8.72. The minimum absolute atomic E-state index is 0.0125. The van der Waals surface area contributed by atoms with Gasteiger partial charge in [-0.2, -0.15) is 0 Å². The molecule has 0 unspecified atom stereocenters. The molecule has 2 aromatic carbocycles. The Hall–Kier alpha value is -2.82. The molecule has 5 heteroatoms. The zero-order valence-corrected chi connectivity index (χ0v) is 13.6. The summed E-state index contributed by atoms with van der Waals surface area (Å²) in [6, 6.07) is 15.5. The monoisotopic (exact) mass is 327 g/mol. The maximum atomic E-state index is 11.4. The molecule has 0 spiro atoms. The van der Waals surface area contributed by atoms with Crippen LogP contribution in [-0.4, -0.2) is 23.5 Å². The fraction of sp³-hybridized carbons (Fsp3) is 0.263. The minimum atomic E-state index is -0.964. The smallest absolute Gasteiger partial charge is 0.303 e. The summed E-state index contributed by atoms with van der Waals surface area (Å²) in [7, 11) is 0. The third-order valence-corrected chi connectivity index (χ3v) is 3.45. The highest BCUT2D eigenvalue weighted by molar-refractivity contribution is 5.80. The Morgan fingerprint density at radius 3 is 2.46 bits per heavy atom. The molecule has 1 amide bonds. The highest BCUT2D eigenvalue weighted by atomic mass is 16.5. The minimum Gasteiger partial charge on any atom is -0.481 e. The summed E-state index contributed by atoms with van der Waals surface area (Å²) in [4.78, 5) is 21.8. The normalized spacial score (nSPS) is 10.2. The number of ether oxygens (including phenoxy) is 1. The molecule has 0 aliphatic rings. The van der Waals surface area contributed by atoms with E-state index in [1.165, 1.54) is 0 Å². The highest BCUT2D eigenvalue weighted by Gasteiger charge is 2.05. The van der Waals surface area contributed by atoms with Gasteiger partial charge in [-0.25, -0.2) is 0 Å². The second-order valence-electron chi connectivity index (χ2n) is 5.56. The van der Waals surface area contributed by atoms with Crippen LogP contribution in [0.25, 0.3) is 0 Å². The van der Waals surface area contributed by atoms with Crippen molar-refractivity contribution in [3.63, 3.8) is 0 Å². The molecule has 0 saturated heterocycles. The maximum Gasteiger partial charge on any atom is 0.303 e. The maximum absolute atomic E-state index is 11.4. The van der Waals surface area contributed by atoms with Crippen LogP contribution in [0.15, 0.2) is 48.5 Å². The van der Waals surface area contributed by atoms with Crippen LogP contribution < -0.4 is 10.1 Å². The molecule has 0 aliphatic carbocycles. The quantitative estimate of drug-likeness (QED) is 0.780. The van der Waals surface area contributed by atoms with Crippen molar-refractivity contribution in [1.29, 1.82) is 0 Å². The fourth-order valence-corrected chi connectivity index (χ4v) is 2.19. The van der Waals surface area contributed by atoms with E-state index < -0.39 is 5.97 Å². The number of carboxylic acid groups (broad SMARTS) is 1. The van der Waals surface area contributed by atoms with E-state index >= 15 is 0 Å². The molecule has 0 bridgehead atoms. The Bertz CT molecular complexity index is 695. The van der Waals surface area contributed by atoms with Crippen molar-refractivity contribution in [3.05, 3.63) is 59.7 Å². The molecule has 0 radical (unpaired) electrons. The molecule has 2 aromatic rings. The molecule has 0 aliphatic heterocycles. The summed E-state index contributed by atoms with van der Waals surface area (Å²) < 4.78 is 5.79. The lowest BCUT2D eigenvalue weighted by Crippen LogP contribution is -2.25. The van der Waals surface area contributed by atoms with E-state index in [0.717, 1.165) is 22.6 Å². The summed E-state index contributed by atoms with van der Waals surface area (Å²) >= 11 is 0. The van der Waals surface area contributed by atoms with Gasteiger partial charge in [-0.15, -0.1) is 0 Å². The summed E-state index contributed by atoms with van der Waals surface area (Å²) in [5.41, 5.74) is 2.22. The van der Waals surface area contributed by atoms with Crippen LogP contribution in [0.2, 0.25) is 0 Å². The van der Waals surface area contributed by atoms with E-state index in [1.54, 1.807) is 0 Å². The number of carbonyl (C=O) groups excluding carboxylic acids is 1. The van der Waals surface area contributed by atoms with Gasteiger partial charge in [0, 0.05) is 13.0 Å². The van der Waals surface area contributed by atoms with Crippen LogP contribution in [0.3, 0.4) is 0 Å². The number of rotatable bonds is 8. The van der Waals surface area contributed by atoms with Crippen LogP contribution >= 0.6 is 0 Å². The predicted molar refractivity (Wildman–Crippen MR) is 91.3 cm³/mol. The third-order valence-electron chi connectivity index (χ3n) is 3.45. The van der Waals surface area contributed by atoms with Crippen molar-refractivity contribution >= 4 is 11.9 Å². The number of hydrogen-bond acceptors (Lipinski definition) is 3. The van der Waals surface area contributed by atoms with Gasteiger partial charge in [-0.3, -0.25) is 9.59 Å². The van der Waals surface area contributed by atoms with Crippen LogP contribution in [0.5, 0.6) is 11.5 Å². The van der Waals surface area contributed by atoms with Crippen molar-refractivity contribution in [2.24, 2.45) is 0 Å². The first kappa shape index (κ1) is 17.5. The van der Waals surface area contributed by atoms with Crippen molar-refractivity contribution in [2.75, 3.05) is 6.54 Å². The van der Waals surface area contributed by atoms with Gasteiger partial charge in [0.2, 0.25) is 5.91 Å². The van der Waals surface area contributed by atoms with E-state index in [4.69, 9.17) is 9.84 Å². The lowest BCUT2D eigenvalue weighted by molar-refractivity contribution is -0.138. The number of hydrogen-bond donors (Lipinski definition) is 2. The Morgan fingerprint density at radius 2 is 1.79 bits per heavy atom. The molecule has 5 nitrogen and oxygen atoms in total. The van der Waals surface area contributed by atoms with Gasteiger partial charge < -0.3 is 15.2 Å². The van der Waals surface area contributed by atoms with Crippen molar-refractivity contribution in [2.45, 2.75) is 26.2 Å². The molecule has 0 atom stereocenters. The van der Waals surface area contributed by atoms with E-state index in [2.05, 4.69) is 5.32 Å². The van der Waals surface area contributed by atoms with E-state index in [-0.39, 0.29) is 18.7 Å². The topological polar surface area (TPSA) is 75.6 Å². The van der Waals surface area contributed by atoms with Crippen LogP contribution in [0.4, 0.5) is 0 Å². The molecule has 0 fully saturated rings. The largest absolute Gasteiger partial charge is 0.481 e. The first-order chi connectivity index (χ1) is 11.5. The number of carboxylic acids is 1. The van der Waals surface area contributed by atoms with Gasteiger partial charge in [0.15, 0.2) is 0 Å². The Labute approximate surface area is 141 Å². The van der Waals surface area contributed by atoms with E-state index in [0.29, 0.717) is 13.0 Å².